The Morgan fingerprint density at radius 3 is 2.14 bits per heavy atom. The number of fused-ring (bicyclic) bond motifs is 1. The van der Waals surface area contributed by atoms with Crippen molar-refractivity contribution in [3.8, 4) is 5.69 Å². The van der Waals surface area contributed by atoms with Crippen LogP contribution >= 0.6 is 43.5 Å². The van der Waals surface area contributed by atoms with E-state index < -0.39 is 11.9 Å². The van der Waals surface area contributed by atoms with E-state index in [1.165, 1.54) is 12.3 Å². The molecule has 7 nitrogen and oxygen atoms in total. The van der Waals surface area contributed by atoms with Crippen LogP contribution in [0.25, 0.3) is 16.6 Å². The lowest BCUT2D eigenvalue weighted by atomic mass is 10.0. The second-order valence-corrected chi connectivity index (χ2v) is 10.0. The zero-order chi connectivity index (χ0) is 26.5. The Morgan fingerprint density at radius 1 is 0.838 bits per heavy atom. The molecular weight excluding hydrogens is 626 g/mol. The third-order valence-electron chi connectivity index (χ3n) is 5.36. The van der Waals surface area contributed by atoms with Gasteiger partial charge in [0, 0.05) is 45.0 Å². The Balaban J connectivity index is 0.000000245. The predicted molar refractivity (Wildman–Crippen MR) is 149 cm³/mol. The van der Waals surface area contributed by atoms with E-state index >= 15 is 0 Å². The summed E-state index contributed by atoms with van der Waals surface area (Å²) in [6.45, 7) is 0. The van der Waals surface area contributed by atoms with Gasteiger partial charge in [-0.15, -0.1) is 0 Å². The molecule has 0 radical (unpaired) electrons. The quantitative estimate of drug-likeness (QED) is 0.195. The van der Waals surface area contributed by atoms with Crippen LogP contribution in [0.2, 0.25) is 5.15 Å². The molecule has 0 aliphatic carbocycles. The number of para-hydroxylation sites is 1. The first kappa shape index (κ1) is 26.5. The molecule has 5 aromatic rings. The van der Waals surface area contributed by atoms with E-state index in [1.807, 2.05) is 30.5 Å². The van der Waals surface area contributed by atoms with Gasteiger partial charge in [-0.3, -0.25) is 4.98 Å². The third kappa shape index (κ3) is 6.43. The highest BCUT2D eigenvalue weighted by Crippen LogP contribution is 2.24. The second kappa shape index (κ2) is 11.7. The largest absolute Gasteiger partial charge is 0.478 e. The number of halogens is 3. The molecule has 0 amide bonds. The van der Waals surface area contributed by atoms with Crippen LogP contribution in [0, 0.1) is 0 Å². The predicted octanol–water partition coefficient (Wildman–Crippen LogP) is 7.27. The molecule has 3 heterocycles. The average Bonchev–Trinajstić information content (AvgIpc) is 3.30. The SMILES string of the molecule is O=C(O)c1cc(Br)cnc1Cc1ccc2c(ccn2-c2ccccc2)c1.O=C(O)c1cc(Br)cnc1Cl. The van der Waals surface area contributed by atoms with E-state index in [0.717, 1.165) is 22.2 Å². The number of benzene rings is 2. The fourth-order valence-electron chi connectivity index (χ4n) is 3.68. The molecule has 0 aliphatic heterocycles. The number of aromatic carboxylic acids is 2. The lowest BCUT2D eigenvalue weighted by molar-refractivity contribution is 0.0685. The summed E-state index contributed by atoms with van der Waals surface area (Å²) in [5, 5.41) is 19.1. The summed E-state index contributed by atoms with van der Waals surface area (Å²) in [7, 11) is 0. The van der Waals surface area contributed by atoms with Crippen molar-refractivity contribution in [3.05, 3.63) is 122 Å². The molecule has 0 bridgehead atoms. The van der Waals surface area contributed by atoms with E-state index in [0.29, 0.717) is 21.1 Å². The Hall–Kier alpha value is -3.53. The van der Waals surface area contributed by atoms with Gasteiger partial charge in [0.1, 0.15) is 5.15 Å². The van der Waals surface area contributed by atoms with Gasteiger partial charge in [0.05, 0.1) is 22.3 Å². The Bertz CT molecular complexity index is 1610. The molecule has 186 valence electrons. The molecule has 0 spiro atoms. The summed E-state index contributed by atoms with van der Waals surface area (Å²) in [5.74, 6) is -2.05. The Morgan fingerprint density at radius 2 is 1.49 bits per heavy atom. The molecule has 2 N–H and O–H groups in total. The number of rotatable bonds is 5. The number of hydrogen-bond donors (Lipinski definition) is 2. The zero-order valence-electron chi connectivity index (χ0n) is 19.0. The monoisotopic (exact) mass is 641 g/mol. The number of nitrogens with zero attached hydrogens (tertiary/aromatic N) is 3. The topological polar surface area (TPSA) is 105 Å². The molecular formula is C27H18Br2ClN3O4. The molecule has 0 aliphatic rings. The van der Waals surface area contributed by atoms with Crippen molar-refractivity contribution >= 4 is 66.3 Å². The smallest absolute Gasteiger partial charge is 0.338 e. The number of hydrogen-bond acceptors (Lipinski definition) is 4. The van der Waals surface area contributed by atoms with E-state index in [2.05, 4.69) is 76.7 Å². The maximum absolute atomic E-state index is 11.5. The van der Waals surface area contributed by atoms with Crippen LogP contribution < -0.4 is 0 Å². The molecule has 0 fully saturated rings. The van der Waals surface area contributed by atoms with Gasteiger partial charge in [0.25, 0.3) is 0 Å². The number of carbonyl (C=O) groups is 2. The van der Waals surface area contributed by atoms with E-state index in [1.54, 1.807) is 12.3 Å². The second-order valence-electron chi connectivity index (χ2n) is 7.84. The average molecular weight is 644 g/mol. The normalized spacial score (nSPS) is 10.6. The highest BCUT2D eigenvalue weighted by Gasteiger charge is 2.13. The highest BCUT2D eigenvalue weighted by atomic mass is 79.9. The van der Waals surface area contributed by atoms with Gasteiger partial charge in [-0.25, -0.2) is 14.6 Å². The van der Waals surface area contributed by atoms with Gasteiger partial charge in [-0.1, -0.05) is 35.9 Å². The Kier molecular flexibility index (Phi) is 8.38. The number of aromatic nitrogens is 3. The van der Waals surface area contributed by atoms with Crippen LogP contribution in [-0.2, 0) is 6.42 Å². The van der Waals surface area contributed by atoms with Crippen molar-refractivity contribution in [2.45, 2.75) is 6.42 Å². The molecule has 0 saturated heterocycles. The molecule has 3 aromatic heterocycles. The van der Waals surface area contributed by atoms with Crippen molar-refractivity contribution in [1.82, 2.24) is 14.5 Å². The van der Waals surface area contributed by atoms with Gasteiger partial charge in [0.2, 0.25) is 0 Å². The molecule has 0 atom stereocenters. The first-order chi connectivity index (χ1) is 17.7. The molecule has 5 rings (SSSR count). The lowest BCUT2D eigenvalue weighted by Gasteiger charge is -2.08. The van der Waals surface area contributed by atoms with E-state index in [-0.39, 0.29) is 16.3 Å². The van der Waals surface area contributed by atoms with Gasteiger partial charge >= 0.3 is 11.9 Å². The number of pyridine rings is 2. The molecule has 0 unspecified atom stereocenters. The first-order valence-electron chi connectivity index (χ1n) is 10.8. The van der Waals surface area contributed by atoms with Crippen molar-refractivity contribution in [2.75, 3.05) is 0 Å². The maximum atomic E-state index is 11.5. The summed E-state index contributed by atoms with van der Waals surface area (Å²) in [5.41, 5.74) is 4.03. The Labute approximate surface area is 233 Å². The molecule has 10 heteroatoms. The van der Waals surface area contributed by atoms with Gasteiger partial charge in [0.15, 0.2) is 0 Å². The minimum absolute atomic E-state index is 0.000648. The number of carboxylic acids is 2. The van der Waals surface area contributed by atoms with Crippen molar-refractivity contribution in [3.63, 3.8) is 0 Å². The summed E-state index contributed by atoms with van der Waals surface area (Å²) in [6, 6.07) is 21.4. The van der Waals surface area contributed by atoms with Crippen LogP contribution in [0.15, 0.2) is 94.3 Å². The minimum Gasteiger partial charge on any atom is -0.478 e. The van der Waals surface area contributed by atoms with Crippen LogP contribution in [0.1, 0.15) is 32.0 Å². The van der Waals surface area contributed by atoms with Crippen LogP contribution in [-0.4, -0.2) is 36.7 Å². The van der Waals surface area contributed by atoms with E-state index in [4.69, 9.17) is 16.7 Å². The minimum atomic E-state index is -1.08. The zero-order valence-corrected chi connectivity index (χ0v) is 22.9. The molecule has 0 saturated carbocycles. The first-order valence-corrected chi connectivity index (χ1v) is 12.8. The van der Waals surface area contributed by atoms with Crippen molar-refractivity contribution in [2.24, 2.45) is 0 Å². The summed E-state index contributed by atoms with van der Waals surface area (Å²) < 4.78 is 3.40. The van der Waals surface area contributed by atoms with Crippen molar-refractivity contribution < 1.29 is 19.8 Å². The fourth-order valence-corrected chi connectivity index (χ4v) is 4.52. The highest BCUT2D eigenvalue weighted by molar-refractivity contribution is 9.10. The number of carboxylic acid groups (broad SMARTS) is 2. The lowest BCUT2D eigenvalue weighted by Crippen LogP contribution is -2.05. The summed E-state index contributed by atoms with van der Waals surface area (Å²) >= 11 is 11.8. The van der Waals surface area contributed by atoms with Gasteiger partial charge in [-0.05, 0) is 79.9 Å². The van der Waals surface area contributed by atoms with Crippen LogP contribution in [0.3, 0.4) is 0 Å². The van der Waals surface area contributed by atoms with E-state index in [9.17, 15) is 14.7 Å². The van der Waals surface area contributed by atoms with Crippen molar-refractivity contribution in [1.29, 1.82) is 0 Å². The van der Waals surface area contributed by atoms with Crippen LogP contribution in [0.4, 0.5) is 0 Å². The van der Waals surface area contributed by atoms with Crippen LogP contribution in [0.5, 0.6) is 0 Å². The van der Waals surface area contributed by atoms with Gasteiger partial charge in [-0.2, -0.15) is 0 Å². The molecule has 2 aromatic carbocycles. The standard InChI is InChI=1S/C21H15BrN2O2.C6H3BrClNO2/c22-16-12-18(21(25)26)19(23-13-16)11-14-6-7-20-15(10-14)8-9-24(20)17-4-2-1-3-5-17;7-3-1-4(6(10)11)5(8)9-2-3/h1-10,12-13H,11H2,(H,25,26);1-2H,(H,10,11). The van der Waals surface area contributed by atoms with Gasteiger partial charge < -0.3 is 14.8 Å². The molecule has 37 heavy (non-hydrogen) atoms. The fraction of sp³-hybridized carbons (Fsp3) is 0.0370. The summed E-state index contributed by atoms with van der Waals surface area (Å²) in [6.07, 6.45) is 5.59. The maximum Gasteiger partial charge on any atom is 0.338 e. The summed E-state index contributed by atoms with van der Waals surface area (Å²) in [4.78, 5) is 29.8. The third-order valence-corrected chi connectivity index (χ3v) is 6.53.